The maximum Gasteiger partial charge on any atom is 0.407 e. The molecular weight excluding hydrogens is 510 g/mol. The van der Waals surface area contributed by atoms with Crippen LogP contribution in [0.25, 0.3) is 11.1 Å². The first-order valence-electron chi connectivity index (χ1n) is 12.7. The molecule has 204 valence electrons. The van der Waals surface area contributed by atoms with Crippen LogP contribution in [-0.2, 0) is 9.53 Å². The van der Waals surface area contributed by atoms with Gasteiger partial charge >= 0.3 is 6.09 Å². The van der Waals surface area contributed by atoms with E-state index >= 15 is 0 Å². The fourth-order valence-corrected chi connectivity index (χ4v) is 5.05. The van der Waals surface area contributed by atoms with Crippen LogP contribution < -0.4 is 24.6 Å². The minimum atomic E-state index is -1.32. The van der Waals surface area contributed by atoms with E-state index < -0.39 is 24.7 Å². The zero-order valence-corrected chi connectivity index (χ0v) is 22.1. The second-order valence-corrected chi connectivity index (χ2v) is 9.24. The van der Waals surface area contributed by atoms with Crippen molar-refractivity contribution >= 4 is 12.1 Å². The van der Waals surface area contributed by atoms with Crippen LogP contribution in [0.15, 0.2) is 91.0 Å². The van der Waals surface area contributed by atoms with Gasteiger partial charge in [0.1, 0.15) is 30.5 Å². The van der Waals surface area contributed by atoms with Crippen LogP contribution in [0.2, 0.25) is 0 Å². The molecule has 1 aliphatic rings. The predicted molar refractivity (Wildman–Crippen MR) is 147 cm³/mol. The first kappa shape index (κ1) is 26.6. The molecular formula is C32H28NO7-. The molecule has 0 fully saturated rings. The summed E-state index contributed by atoms with van der Waals surface area (Å²) < 4.78 is 22.0. The fourth-order valence-electron chi connectivity index (χ4n) is 5.05. The normalized spacial score (nSPS) is 12.6. The van der Waals surface area contributed by atoms with Gasteiger partial charge in [-0.1, -0.05) is 60.7 Å². The molecule has 8 heteroatoms. The molecule has 0 saturated carbocycles. The van der Waals surface area contributed by atoms with Crippen LogP contribution in [0.3, 0.4) is 0 Å². The molecule has 5 rings (SSSR count). The SMILES string of the molecule is COc1ccc([C@@H](NC(=O)OCC2c3ccccc3-c3ccccc32)c2ccc(OCC(=O)[O-])cc2)c(OC)c1. The molecule has 4 aromatic rings. The van der Waals surface area contributed by atoms with Crippen molar-refractivity contribution in [3.05, 3.63) is 113 Å². The molecule has 0 saturated heterocycles. The van der Waals surface area contributed by atoms with E-state index in [2.05, 4.69) is 29.6 Å². The maximum atomic E-state index is 13.3. The molecule has 8 nitrogen and oxygen atoms in total. The van der Waals surface area contributed by atoms with Gasteiger partial charge in [0.2, 0.25) is 0 Å². The summed E-state index contributed by atoms with van der Waals surface area (Å²) in [4.78, 5) is 24.0. The minimum absolute atomic E-state index is 0.0766. The largest absolute Gasteiger partial charge is 0.546 e. The summed E-state index contributed by atoms with van der Waals surface area (Å²) in [7, 11) is 3.10. The summed E-state index contributed by atoms with van der Waals surface area (Å²) in [6.45, 7) is -0.393. The van der Waals surface area contributed by atoms with Crippen molar-refractivity contribution in [2.45, 2.75) is 12.0 Å². The van der Waals surface area contributed by atoms with Crippen molar-refractivity contribution in [3.63, 3.8) is 0 Å². The standard InChI is InChI=1S/C32H29NO7/c1-37-22-15-16-27(29(17-22)38-2)31(20-11-13-21(14-12-20)39-19-30(34)35)33-32(36)40-18-28-25-9-5-3-7-23(25)24-8-4-6-10-26(24)28/h3-17,28,31H,18-19H2,1-2H3,(H,33,36)(H,34,35)/p-1/t31-/m0/s1. The van der Waals surface area contributed by atoms with E-state index in [0.717, 1.165) is 22.3 Å². The van der Waals surface area contributed by atoms with E-state index in [1.54, 1.807) is 50.6 Å². The number of carboxylic acid groups (broad SMARTS) is 1. The number of rotatable bonds is 10. The van der Waals surface area contributed by atoms with E-state index in [9.17, 15) is 14.7 Å². The Hall–Kier alpha value is -4.98. The number of nitrogens with one attached hydrogen (secondary N) is 1. The average molecular weight is 539 g/mol. The average Bonchev–Trinajstić information content (AvgIpc) is 3.31. The number of ether oxygens (including phenoxy) is 4. The predicted octanol–water partition coefficient (Wildman–Crippen LogP) is 4.46. The van der Waals surface area contributed by atoms with Crippen LogP contribution in [0.1, 0.15) is 34.2 Å². The first-order valence-corrected chi connectivity index (χ1v) is 12.7. The Kier molecular flexibility index (Phi) is 7.87. The van der Waals surface area contributed by atoms with E-state index in [4.69, 9.17) is 18.9 Å². The molecule has 40 heavy (non-hydrogen) atoms. The number of carbonyl (C=O) groups excluding carboxylic acids is 2. The van der Waals surface area contributed by atoms with Gasteiger partial charge in [-0.2, -0.15) is 0 Å². The van der Waals surface area contributed by atoms with Crippen molar-refractivity contribution in [2.24, 2.45) is 0 Å². The summed E-state index contributed by atoms with van der Waals surface area (Å²) in [6.07, 6.45) is -0.595. The summed E-state index contributed by atoms with van der Waals surface area (Å²) in [5.41, 5.74) is 5.93. The Labute approximate surface area is 232 Å². The van der Waals surface area contributed by atoms with Crippen molar-refractivity contribution in [2.75, 3.05) is 27.4 Å². The number of methoxy groups -OCH3 is 2. The molecule has 0 aromatic heterocycles. The molecule has 0 radical (unpaired) electrons. The van der Waals surface area contributed by atoms with Gasteiger partial charge in [0.15, 0.2) is 0 Å². The van der Waals surface area contributed by atoms with E-state index in [1.807, 2.05) is 30.3 Å². The van der Waals surface area contributed by atoms with Gasteiger partial charge in [-0.15, -0.1) is 0 Å². The minimum Gasteiger partial charge on any atom is -0.546 e. The first-order chi connectivity index (χ1) is 19.5. The Morgan fingerprint density at radius 1 is 0.825 bits per heavy atom. The summed E-state index contributed by atoms with van der Waals surface area (Å²) in [5, 5.41) is 13.7. The van der Waals surface area contributed by atoms with Crippen molar-refractivity contribution in [3.8, 4) is 28.4 Å². The van der Waals surface area contributed by atoms with Crippen LogP contribution >= 0.6 is 0 Å². The highest BCUT2D eigenvalue weighted by molar-refractivity contribution is 5.79. The van der Waals surface area contributed by atoms with Crippen LogP contribution in [0.4, 0.5) is 4.79 Å². The Morgan fingerprint density at radius 3 is 2.05 bits per heavy atom. The molecule has 4 aromatic carbocycles. The Balaban J connectivity index is 1.38. The van der Waals surface area contributed by atoms with Crippen molar-refractivity contribution in [1.82, 2.24) is 5.32 Å². The zero-order valence-electron chi connectivity index (χ0n) is 22.1. The highest BCUT2D eigenvalue weighted by Crippen LogP contribution is 2.44. The lowest BCUT2D eigenvalue weighted by Crippen LogP contribution is -2.31. The summed E-state index contributed by atoms with van der Waals surface area (Å²) in [6, 6.07) is 27.7. The highest BCUT2D eigenvalue weighted by atomic mass is 16.5. The third-order valence-electron chi connectivity index (χ3n) is 6.93. The fraction of sp³-hybridized carbons (Fsp3) is 0.188. The third kappa shape index (κ3) is 5.56. The van der Waals surface area contributed by atoms with Crippen LogP contribution in [0.5, 0.6) is 17.2 Å². The van der Waals surface area contributed by atoms with Gasteiger partial charge in [-0.3, -0.25) is 0 Å². The number of aliphatic carboxylic acids is 1. The number of amides is 1. The number of carboxylic acids is 1. The maximum absolute atomic E-state index is 13.3. The van der Waals surface area contributed by atoms with Crippen molar-refractivity contribution in [1.29, 1.82) is 0 Å². The van der Waals surface area contributed by atoms with Gasteiger partial charge in [0, 0.05) is 17.5 Å². The van der Waals surface area contributed by atoms with Crippen molar-refractivity contribution < 1.29 is 33.6 Å². The Morgan fingerprint density at radius 2 is 1.45 bits per heavy atom. The molecule has 1 N–H and O–H groups in total. The summed E-state index contributed by atoms with van der Waals surface area (Å²) >= 11 is 0. The third-order valence-corrected chi connectivity index (χ3v) is 6.93. The molecule has 0 spiro atoms. The Bertz CT molecular complexity index is 1470. The molecule has 0 aliphatic heterocycles. The van der Waals surface area contributed by atoms with Gasteiger partial charge in [0.25, 0.3) is 0 Å². The second-order valence-electron chi connectivity index (χ2n) is 9.24. The van der Waals surface area contributed by atoms with E-state index in [0.29, 0.717) is 28.4 Å². The van der Waals surface area contributed by atoms with Gasteiger partial charge in [-0.25, -0.2) is 4.79 Å². The number of fused-ring (bicyclic) bond motifs is 3. The number of alkyl carbamates (subject to hydrolysis) is 1. The van der Waals surface area contributed by atoms with Gasteiger partial charge < -0.3 is 34.2 Å². The lowest BCUT2D eigenvalue weighted by Gasteiger charge is -2.23. The molecule has 0 bridgehead atoms. The van der Waals surface area contributed by atoms with E-state index in [1.165, 1.54) is 0 Å². The molecule has 0 unspecified atom stereocenters. The topological polar surface area (TPSA) is 106 Å². The molecule has 1 aliphatic carbocycles. The summed E-state index contributed by atoms with van der Waals surface area (Å²) in [5.74, 6) is 0.0794. The second kappa shape index (κ2) is 11.8. The highest BCUT2D eigenvalue weighted by Gasteiger charge is 2.30. The lowest BCUT2D eigenvalue weighted by atomic mass is 9.97. The number of hydrogen-bond donors (Lipinski definition) is 1. The van der Waals surface area contributed by atoms with Gasteiger partial charge in [0.05, 0.1) is 26.2 Å². The quantitative estimate of drug-likeness (QED) is 0.318. The lowest BCUT2D eigenvalue weighted by molar-refractivity contribution is -0.307. The smallest absolute Gasteiger partial charge is 0.407 e. The molecule has 1 amide bonds. The molecule has 0 heterocycles. The number of benzene rings is 4. The molecule has 1 atom stereocenters. The van der Waals surface area contributed by atoms with E-state index in [-0.39, 0.29) is 12.5 Å². The monoisotopic (exact) mass is 538 g/mol. The zero-order chi connectivity index (χ0) is 28.1. The van der Waals surface area contributed by atoms with Crippen LogP contribution in [0, 0.1) is 0 Å². The number of hydrogen-bond acceptors (Lipinski definition) is 7. The van der Waals surface area contributed by atoms with Crippen LogP contribution in [-0.4, -0.2) is 39.5 Å². The number of carbonyl (C=O) groups is 2. The van der Waals surface area contributed by atoms with Gasteiger partial charge in [-0.05, 0) is 52.1 Å².